The van der Waals surface area contributed by atoms with E-state index in [-0.39, 0.29) is 41.2 Å². The Labute approximate surface area is 231 Å². The van der Waals surface area contributed by atoms with Crippen molar-refractivity contribution < 1.29 is 36.9 Å². The zero-order chi connectivity index (χ0) is 27.8. The number of carbonyl (C=O) groups is 1. The first kappa shape index (κ1) is 28.9. The molecule has 1 aliphatic heterocycles. The molecule has 39 heavy (non-hydrogen) atoms. The Bertz CT molecular complexity index is 1240. The highest BCUT2D eigenvalue weighted by Crippen LogP contribution is 2.43. The summed E-state index contributed by atoms with van der Waals surface area (Å²) in [7, 11) is 0. The Kier molecular flexibility index (Phi) is 9.90. The van der Waals surface area contributed by atoms with Gasteiger partial charge in [-0.1, -0.05) is 61.3 Å². The lowest BCUT2D eigenvalue weighted by molar-refractivity contribution is -0.182. The van der Waals surface area contributed by atoms with Gasteiger partial charge in [-0.3, -0.25) is 4.72 Å². The van der Waals surface area contributed by atoms with Gasteiger partial charge in [0.25, 0.3) is 0 Å². The summed E-state index contributed by atoms with van der Waals surface area (Å²) in [5.74, 6) is -0.756. The van der Waals surface area contributed by atoms with Gasteiger partial charge < -0.3 is 18.9 Å². The van der Waals surface area contributed by atoms with E-state index >= 15 is 0 Å². The van der Waals surface area contributed by atoms with Crippen LogP contribution in [0.3, 0.4) is 0 Å². The predicted octanol–water partition coefficient (Wildman–Crippen LogP) is 6.83. The van der Waals surface area contributed by atoms with E-state index in [9.17, 15) is 18.0 Å². The van der Waals surface area contributed by atoms with Crippen molar-refractivity contribution in [3.63, 3.8) is 0 Å². The maximum Gasteiger partial charge on any atom is 0.417 e. The van der Waals surface area contributed by atoms with Crippen LogP contribution in [0.25, 0.3) is 0 Å². The van der Waals surface area contributed by atoms with Crippen molar-refractivity contribution in [3.05, 3.63) is 94.5 Å². The average molecular weight is 562 g/mol. The van der Waals surface area contributed by atoms with E-state index in [1.807, 2.05) is 30.3 Å². The number of halogens is 3. The lowest BCUT2D eigenvalue weighted by Crippen LogP contribution is -2.27. The molecule has 1 N–H and O–H groups in total. The molecule has 1 heterocycles. The van der Waals surface area contributed by atoms with E-state index in [0.717, 1.165) is 12.0 Å². The van der Waals surface area contributed by atoms with Crippen LogP contribution < -0.4 is 14.2 Å². The third-order valence-corrected chi connectivity index (χ3v) is 6.68. The molecule has 0 aliphatic carbocycles. The Hall–Kier alpha value is -3.05. The van der Waals surface area contributed by atoms with Crippen molar-refractivity contribution in [2.45, 2.75) is 51.3 Å². The van der Waals surface area contributed by atoms with Gasteiger partial charge in [-0.2, -0.15) is 13.2 Å². The molecule has 1 unspecified atom stereocenters. The highest BCUT2D eigenvalue weighted by Gasteiger charge is 2.40. The second-order valence-corrected chi connectivity index (χ2v) is 9.36. The fourth-order valence-electron chi connectivity index (χ4n) is 4.51. The number of ether oxygens (including phenoxy) is 4. The number of esters is 1. The summed E-state index contributed by atoms with van der Waals surface area (Å²) in [6.07, 6.45) is -3.91. The normalized spacial score (nSPS) is 15.1. The molecule has 1 saturated heterocycles. The van der Waals surface area contributed by atoms with Crippen molar-refractivity contribution in [2.75, 3.05) is 13.2 Å². The van der Waals surface area contributed by atoms with E-state index in [1.165, 1.54) is 13.0 Å². The van der Waals surface area contributed by atoms with Crippen LogP contribution in [-0.4, -0.2) is 25.5 Å². The number of alkyl halides is 3. The first-order valence-electron chi connectivity index (χ1n) is 12.6. The Morgan fingerprint density at radius 2 is 1.72 bits per heavy atom. The van der Waals surface area contributed by atoms with Gasteiger partial charge in [0.15, 0.2) is 6.29 Å². The highest BCUT2D eigenvalue weighted by molar-refractivity contribution is 7.78. The molecule has 1 fully saturated rings. The van der Waals surface area contributed by atoms with E-state index in [1.54, 1.807) is 30.3 Å². The van der Waals surface area contributed by atoms with E-state index in [2.05, 4.69) is 17.5 Å². The van der Waals surface area contributed by atoms with Gasteiger partial charge in [0.05, 0.1) is 18.8 Å². The molecule has 4 rings (SSSR count). The maximum atomic E-state index is 14.6. The molecule has 1 aliphatic rings. The summed E-state index contributed by atoms with van der Waals surface area (Å²) in [5, 5.41) is 0. The van der Waals surface area contributed by atoms with Crippen molar-refractivity contribution in [3.8, 4) is 11.5 Å². The summed E-state index contributed by atoms with van der Waals surface area (Å²) >= 11 is 4.15. The monoisotopic (exact) mass is 561 g/mol. The highest BCUT2D eigenvalue weighted by atomic mass is 32.1. The van der Waals surface area contributed by atoms with Crippen LogP contribution >= 0.6 is 12.8 Å². The number of para-hydroxylation sites is 1. The Morgan fingerprint density at radius 1 is 1.08 bits per heavy atom. The Balaban J connectivity index is 1.75. The zero-order valence-corrected chi connectivity index (χ0v) is 22.3. The standard InChI is InChI=1S/C29H30F3NO5S/c1-19-26(28(34)38-21-11-6-3-7-12-21)24(37-18-20-9-4-2-5-10-20)17-22(27(19)29(30,31)32)23(33-39)13-14-25-35-15-8-16-36-25/h2-7,9-12,17,23,25,33,39H,8,13-16,18H2,1H3. The molecule has 0 aromatic heterocycles. The van der Waals surface area contributed by atoms with Crippen LogP contribution in [0.4, 0.5) is 13.2 Å². The minimum atomic E-state index is -4.76. The van der Waals surface area contributed by atoms with Crippen LogP contribution in [0.15, 0.2) is 66.7 Å². The molecule has 10 heteroatoms. The molecule has 0 bridgehead atoms. The maximum absolute atomic E-state index is 14.6. The van der Waals surface area contributed by atoms with Gasteiger partial charge in [0.2, 0.25) is 0 Å². The van der Waals surface area contributed by atoms with E-state index in [0.29, 0.717) is 19.6 Å². The van der Waals surface area contributed by atoms with Crippen molar-refractivity contribution in [2.24, 2.45) is 0 Å². The number of hydrogen-bond acceptors (Lipinski definition) is 7. The molecule has 6 nitrogen and oxygen atoms in total. The van der Waals surface area contributed by atoms with Gasteiger partial charge in [0, 0.05) is 12.5 Å². The predicted molar refractivity (Wildman–Crippen MR) is 143 cm³/mol. The number of rotatable bonds is 10. The fourth-order valence-corrected chi connectivity index (χ4v) is 4.78. The smallest absolute Gasteiger partial charge is 0.417 e. The average Bonchev–Trinajstić information content (AvgIpc) is 2.93. The number of carbonyl (C=O) groups excluding carboxylic acids is 1. The van der Waals surface area contributed by atoms with Crippen LogP contribution in [0, 0.1) is 6.92 Å². The number of benzene rings is 3. The summed E-state index contributed by atoms with van der Waals surface area (Å²) in [5.41, 5.74) is -0.823. The fraction of sp³-hybridized carbons (Fsp3) is 0.345. The molecule has 208 valence electrons. The minimum absolute atomic E-state index is 0.0148. The molecule has 0 amide bonds. The molecule has 0 spiro atoms. The minimum Gasteiger partial charge on any atom is -0.488 e. The molecular formula is C29H30F3NO5S. The number of hydrogen-bond donors (Lipinski definition) is 2. The first-order valence-corrected chi connectivity index (χ1v) is 13.0. The van der Waals surface area contributed by atoms with E-state index in [4.69, 9.17) is 18.9 Å². The van der Waals surface area contributed by atoms with Gasteiger partial charge in [-0.05, 0) is 54.7 Å². The molecule has 0 radical (unpaired) electrons. The largest absolute Gasteiger partial charge is 0.488 e. The van der Waals surface area contributed by atoms with Crippen LogP contribution in [0.2, 0.25) is 0 Å². The Morgan fingerprint density at radius 3 is 2.33 bits per heavy atom. The number of nitrogens with one attached hydrogen (secondary N) is 1. The van der Waals surface area contributed by atoms with Crippen molar-refractivity contribution >= 4 is 18.8 Å². The number of thiol groups is 1. The quantitative estimate of drug-likeness (QED) is 0.161. The third-order valence-electron chi connectivity index (χ3n) is 6.37. The lowest BCUT2D eigenvalue weighted by Gasteiger charge is -2.28. The molecule has 3 aromatic rings. The summed E-state index contributed by atoms with van der Waals surface area (Å²) in [4.78, 5) is 13.3. The van der Waals surface area contributed by atoms with Gasteiger partial charge in [-0.25, -0.2) is 4.79 Å². The SMILES string of the molecule is Cc1c(C(=O)Oc2ccccc2)c(OCc2ccccc2)cc(C(CCC2OCCCO2)NS)c1C(F)(F)F. The third kappa shape index (κ3) is 7.54. The summed E-state index contributed by atoms with van der Waals surface area (Å²) < 4.78 is 68.9. The van der Waals surface area contributed by atoms with Gasteiger partial charge >= 0.3 is 12.1 Å². The topological polar surface area (TPSA) is 66.0 Å². The second kappa shape index (κ2) is 13.3. The van der Waals surface area contributed by atoms with Crippen LogP contribution in [0.5, 0.6) is 11.5 Å². The lowest BCUT2D eigenvalue weighted by atomic mass is 9.90. The summed E-state index contributed by atoms with van der Waals surface area (Å²) in [6.45, 7) is 2.37. The van der Waals surface area contributed by atoms with Gasteiger partial charge in [-0.15, -0.1) is 0 Å². The van der Waals surface area contributed by atoms with Crippen molar-refractivity contribution in [1.82, 2.24) is 4.72 Å². The molecular weight excluding hydrogens is 531 g/mol. The van der Waals surface area contributed by atoms with Crippen LogP contribution in [-0.2, 0) is 22.3 Å². The van der Waals surface area contributed by atoms with E-state index < -0.39 is 30.0 Å². The molecule has 1 atom stereocenters. The summed E-state index contributed by atoms with van der Waals surface area (Å²) in [6, 6.07) is 17.7. The van der Waals surface area contributed by atoms with Crippen molar-refractivity contribution in [1.29, 1.82) is 0 Å². The molecule has 0 saturated carbocycles. The first-order chi connectivity index (χ1) is 18.8. The second-order valence-electron chi connectivity index (χ2n) is 9.10. The zero-order valence-electron chi connectivity index (χ0n) is 21.4. The van der Waals surface area contributed by atoms with Crippen LogP contribution in [0.1, 0.15) is 57.9 Å². The van der Waals surface area contributed by atoms with Gasteiger partial charge in [0.1, 0.15) is 23.7 Å². The molecule has 3 aromatic carbocycles.